The van der Waals surface area contributed by atoms with Gasteiger partial charge in [-0.1, -0.05) is 0 Å². The highest BCUT2D eigenvalue weighted by atomic mass is 16.2. The monoisotopic (exact) mass is 597 g/mol. The van der Waals surface area contributed by atoms with E-state index in [-0.39, 0.29) is 63.1 Å². The zero-order valence-electron chi connectivity index (χ0n) is 23.5. The second kappa shape index (κ2) is 21.1. The summed E-state index contributed by atoms with van der Waals surface area (Å²) in [6.07, 6.45) is 2.81. The lowest BCUT2D eigenvalue weighted by atomic mass is 10.1. The minimum atomic E-state index is -1.28. The number of hydrogen-bond acceptors (Lipinski definition) is 9. The van der Waals surface area contributed by atoms with E-state index in [1.807, 2.05) is 0 Å². The molecule has 19 heteroatoms. The van der Waals surface area contributed by atoms with E-state index in [4.69, 9.17) is 44.9 Å². The maximum absolute atomic E-state index is 13.2. The lowest BCUT2D eigenvalue weighted by molar-refractivity contribution is -0.133. The van der Waals surface area contributed by atoms with Gasteiger partial charge in [0.1, 0.15) is 12.1 Å². The van der Waals surface area contributed by atoms with Crippen molar-refractivity contribution in [2.45, 2.75) is 75.5 Å². The lowest BCUT2D eigenvalue weighted by Crippen LogP contribution is -2.56. The molecule has 0 saturated heterocycles. The van der Waals surface area contributed by atoms with E-state index in [1.165, 1.54) is 0 Å². The number of primary amides is 1. The zero-order chi connectivity index (χ0) is 32.1. The largest absolute Gasteiger partial charge is 0.370 e. The summed E-state index contributed by atoms with van der Waals surface area (Å²) >= 11 is 0. The molecule has 0 aliphatic rings. The molecule has 0 saturated carbocycles. The molecule has 19 nitrogen and oxygen atoms in total. The van der Waals surface area contributed by atoms with E-state index in [9.17, 15) is 24.0 Å². The summed E-state index contributed by atoms with van der Waals surface area (Å²) in [4.78, 5) is 61.7. The Kier molecular flexibility index (Phi) is 18.8. The minimum Gasteiger partial charge on any atom is -0.370 e. The molecule has 0 bridgehead atoms. The van der Waals surface area contributed by atoms with Gasteiger partial charge < -0.3 is 60.6 Å². The number of carbonyl (C=O) groups is 4. The summed E-state index contributed by atoms with van der Waals surface area (Å²) in [5, 5.41) is 36.8. The van der Waals surface area contributed by atoms with E-state index >= 15 is 0 Å². The third-order valence-electron chi connectivity index (χ3n) is 5.72. The molecular weight excluding hydrogens is 552 g/mol. The molecule has 0 aromatic heterocycles. The summed E-state index contributed by atoms with van der Waals surface area (Å²) in [6, 6.07) is -4.46. The van der Waals surface area contributed by atoms with Crippen LogP contribution in [-0.2, 0) is 24.0 Å². The van der Waals surface area contributed by atoms with Crippen molar-refractivity contribution in [2.24, 2.45) is 28.7 Å². The molecular formula is C23H45N14O5. The molecule has 0 aromatic carbocycles. The Hall–Kier alpha value is -4.68. The Balaban J connectivity index is 5.48. The second-order valence-electron chi connectivity index (χ2n) is 9.36. The van der Waals surface area contributed by atoms with Crippen molar-refractivity contribution in [2.75, 3.05) is 19.6 Å². The summed E-state index contributed by atoms with van der Waals surface area (Å²) in [5.41, 5.74) is 26.9. The molecule has 0 spiro atoms. The highest BCUT2D eigenvalue weighted by Crippen LogP contribution is 2.05. The normalized spacial score (nSPS) is 13.3. The first kappa shape index (κ1) is 37.3. The van der Waals surface area contributed by atoms with Crippen LogP contribution in [0.4, 0.5) is 0 Å². The van der Waals surface area contributed by atoms with Gasteiger partial charge in [0.05, 0.1) is 12.1 Å². The van der Waals surface area contributed by atoms with E-state index in [0.29, 0.717) is 25.8 Å². The van der Waals surface area contributed by atoms with Crippen molar-refractivity contribution in [1.29, 1.82) is 16.2 Å². The fraction of sp³-hybridized carbons (Fsp3) is 0.652. The van der Waals surface area contributed by atoms with Gasteiger partial charge in [-0.15, -0.1) is 0 Å². The molecule has 237 valence electrons. The highest BCUT2D eigenvalue weighted by Gasteiger charge is 2.29. The van der Waals surface area contributed by atoms with Gasteiger partial charge in [-0.3, -0.25) is 40.2 Å². The molecule has 0 unspecified atom stereocenters. The van der Waals surface area contributed by atoms with Gasteiger partial charge in [0, 0.05) is 26.1 Å². The van der Waals surface area contributed by atoms with Crippen LogP contribution in [0.2, 0.25) is 0 Å². The van der Waals surface area contributed by atoms with Gasteiger partial charge in [0.25, 0.3) is 0 Å². The van der Waals surface area contributed by atoms with Gasteiger partial charge in [-0.2, -0.15) is 0 Å². The third-order valence-corrected chi connectivity index (χ3v) is 5.72. The van der Waals surface area contributed by atoms with Crippen molar-refractivity contribution in [3.05, 3.63) is 0 Å². The van der Waals surface area contributed by atoms with Crippen molar-refractivity contribution in [3.63, 3.8) is 0 Å². The Morgan fingerprint density at radius 3 is 1.52 bits per heavy atom. The molecule has 4 amide bonds. The molecule has 0 aliphatic carbocycles. The van der Waals surface area contributed by atoms with Crippen LogP contribution in [0.25, 0.3) is 0 Å². The smallest absolute Gasteiger partial charge is 0.243 e. The van der Waals surface area contributed by atoms with E-state index in [1.54, 1.807) is 6.29 Å². The molecule has 0 heterocycles. The van der Waals surface area contributed by atoms with Gasteiger partial charge in [0.2, 0.25) is 29.9 Å². The lowest BCUT2D eigenvalue weighted by Gasteiger charge is -2.25. The second-order valence-corrected chi connectivity index (χ2v) is 9.36. The van der Waals surface area contributed by atoms with E-state index in [2.05, 4.69) is 31.9 Å². The summed E-state index contributed by atoms with van der Waals surface area (Å²) < 4.78 is 0. The minimum absolute atomic E-state index is 0.0779. The Morgan fingerprint density at radius 1 is 0.619 bits per heavy atom. The van der Waals surface area contributed by atoms with Crippen LogP contribution in [-0.4, -0.2) is 91.6 Å². The standard InChI is InChI=1S/C23H45N14O5/c24-14(5-2-10-33-22(28)29)18(40)36-15(6-3-11-34-23(30)31)20(42)37-16(7-8-17(25)39)19(41)35-13(12-38)4-1-9-32-21(26)27/h13-16H,1-11,24H2,(H2,25,39)(H,35,41)(H,36,40)(H,37,42)(H4,26,27,32)(H4,28,29,33)(H4,30,31,34)/t13-,14+,15-,16+/m1/s1. The number of hydrogen-bond donors (Lipinski definition) is 14. The van der Waals surface area contributed by atoms with Crippen LogP contribution in [0.1, 0.15) is 51.4 Å². The first-order valence-electron chi connectivity index (χ1n) is 13.3. The fourth-order valence-corrected chi connectivity index (χ4v) is 3.54. The van der Waals surface area contributed by atoms with Crippen LogP contribution in [0.15, 0.2) is 0 Å². The number of nitrogens with two attached hydrogens (primary N) is 5. The molecule has 19 N–H and O–H groups in total. The number of rotatable bonds is 22. The van der Waals surface area contributed by atoms with Crippen LogP contribution in [0, 0.1) is 16.2 Å². The van der Waals surface area contributed by atoms with Crippen LogP contribution < -0.4 is 60.6 Å². The SMILES string of the molecule is N=C(N)NCCC[C@H]([C]=O)NC(=O)[C@H](CCC(N)=O)NC(=O)[C@@H](CCCNC(=N)N)NC(=O)[C@@H](N)CCCNC(=N)N. The number of carbonyl (C=O) groups excluding carboxylic acids is 5. The summed E-state index contributed by atoms with van der Waals surface area (Å²) in [7, 11) is 0. The van der Waals surface area contributed by atoms with Crippen LogP contribution in [0.3, 0.4) is 0 Å². The van der Waals surface area contributed by atoms with Gasteiger partial charge >= 0.3 is 0 Å². The molecule has 4 atom stereocenters. The number of guanidine groups is 3. The third kappa shape index (κ3) is 18.6. The van der Waals surface area contributed by atoms with Crippen LogP contribution >= 0.6 is 0 Å². The van der Waals surface area contributed by atoms with Crippen molar-refractivity contribution < 1.29 is 24.0 Å². The van der Waals surface area contributed by atoms with Crippen molar-refractivity contribution in [3.8, 4) is 0 Å². The number of nitrogens with one attached hydrogen (secondary N) is 9. The molecule has 0 aliphatic heterocycles. The summed E-state index contributed by atoms with van der Waals surface area (Å²) in [5.74, 6) is -3.62. The predicted octanol–water partition coefficient (Wildman–Crippen LogP) is -5.07. The Bertz CT molecular complexity index is 947. The molecule has 0 rings (SSSR count). The topological polar surface area (TPSA) is 359 Å². The first-order chi connectivity index (χ1) is 19.8. The van der Waals surface area contributed by atoms with Crippen molar-refractivity contribution in [1.82, 2.24) is 31.9 Å². The van der Waals surface area contributed by atoms with Gasteiger partial charge in [0.15, 0.2) is 17.9 Å². The predicted molar refractivity (Wildman–Crippen MR) is 155 cm³/mol. The molecule has 1 radical (unpaired) electrons. The first-order valence-corrected chi connectivity index (χ1v) is 13.3. The summed E-state index contributed by atoms with van der Waals surface area (Å²) in [6.45, 7) is 0.819. The quantitative estimate of drug-likeness (QED) is 0.0316. The highest BCUT2D eigenvalue weighted by molar-refractivity contribution is 5.93. The average Bonchev–Trinajstić information content (AvgIpc) is 2.91. The molecule has 0 aromatic rings. The molecule has 42 heavy (non-hydrogen) atoms. The fourth-order valence-electron chi connectivity index (χ4n) is 3.54. The van der Waals surface area contributed by atoms with Gasteiger partial charge in [-0.25, -0.2) is 0 Å². The zero-order valence-corrected chi connectivity index (χ0v) is 23.5. The van der Waals surface area contributed by atoms with Crippen molar-refractivity contribution >= 4 is 47.8 Å². The average molecular weight is 598 g/mol. The van der Waals surface area contributed by atoms with E-state index in [0.717, 1.165) is 0 Å². The Labute approximate surface area is 244 Å². The van der Waals surface area contributed by atoms with E-state index < -0.39 is 47.8 Å². The van der Waals surface area contributed by atoms with Crippen LogP contribution in [0.5, 0.6) is 0 Å². The van der Waals surface area contributed by atoms with Gasteiger partial charge in [-0.05, 0) is 44.9 Å². The maximum atomic E-state index is 13.2. The molecule has 0 fully saturated rings. The number of amides is 4. The Morgan fingerprint density at radius 2 is 1.05 bits per heavy atom. The maximum Gasteiger partial charge on any atom is 0.243 e.